The molecule has 0 saturated carbocycles. The Morgan fingerprint density at radius 2 is 1.93 bits per heavy atom. The van der Waals surface area contributed by atoms with Crippen LogP contribution in [0.5, 0.6) is 5.75 Å². The molecule has 1 saturated heterocycles. The van der Waals surface area contributed by atoms with Crippen molar-refractivity contribution >= 4 is 18.3 Å². The average Bonchev–Trinajstić information content (AvgIpc) is 2.64. The highest BCUT2D eigenvalue weighted by Gasteiger charge is 2.28. The normalized spacial score (nSPS) is 18.9. The SMILES string of the molecule is COc1ccc(CC(=O)NC2CNCCC2c2ccc(F)c(F)c2)cc1F.Cl. The number of benzene rings is 2. The molecule has 1 fully saturated rings. The van der Waals surface area contributed by atoms with Crippen LogP contribution in [0.4, 0.5) is 13.2 Å². The van der Waals surface area contributed by atoms with E-state index in [-0.39, 0.29) is 42.4 Å². The number of hydrogen-bond acceptors (Lipinski definition) is 3. The Labute approximate surface area is 167 Å². The Hall–Kier alpha value is -2.25. The molecule has 8 heteroatoms. The number of carbonyl (C=O) groups is 1. The Morgan fingerprint density at radius 1 is 1.14 bits per heavy atom. The van der Waals surface area contributed by atoms with E-state index in [9.17, 15) is 18.0 Å². The van der Waals surface area contributed by atoms with Crippen LogP contribution in [0.1, 0.15) is 23.5 Å². The monoisotopic (exact) mass is 414 g/mol. The smallest absolute Gasteiger partial charge is 0.224 e. The second-order valence-corrected chi connectivity index (χ2v) is 6.59. The molecule has 2 aromatic carbocycles. The first-order chi connectivity index (χ1) is 13.0. The summed E-state index contributed by atoms with van der Waals surface area (Å²) in [5.74, 6) is -2.59. The third kappa shape index (κ3) is 5.17. The molecule has 2 aromatic rings. The molecule has 152 valence electrons. The van der Waals surface area contributed by atoms with Crippen molar-refractivity contribution in [1.29, 1.82) is 0 Å². The van der Waals surface area contributed by atoms with Gasteiger partial charge in [0.1, 0.15) is 0 Å². The summed E-state index contributed by atoms with van der Waals surface area (Å²) < 4.78 is 45.4. The summed E-state index contributed by atoms with van der Waals surface area (Å²) in [5.41, 5.74) is 1.18. The van der Waals surface area contributed by atoms with E-state index in [0.29, 0.717) is 24.1 Å². The van der Waals surface area contributed by atoms with Gasteiger partial charge >= 0.3 is 0 Å². The molecule has 1 aliphatic heterocycles. The highest BCUT2D eigenvalue weighted by atomic mass is 35.5. The maximum Gasteiger partial charge on any atom is 0.224 e. The van der Waals surface area contributed by atoms with Crippen LogP contribution in [0.2, 0.25) is 0 Å². The minimum Gasteiger partial charge on any atom is -0.494 e. The fraction of sp³-hybridized carbons (Fsp3) is 0.350. The molecule has 2 atom stereocenters. The molecule has 4 nitrogen and oxygen atoms in total. The van der Waals surface area contributed by atoms with E-state index in [0.717, 1.165) is 12.6 Å². The van der Waals surface area contributed by atoms with E-state index in [1.165, 1.54) is 25.3 Å². The van der Waals surface area contributed by atoms with E-state index in [2.05, 4.69) is 10.6 Å². The van der Waals surface area contributed by atoms with E-state index >= 15 is 0 Å². The molecular weight excluding hydrogens is 393 g/mol. The van der Waals surface area contributed by atoms with Crippen LogP contribution in [0.15, 0.2) is 36.4 Å². The molecule has 1 amide bonds. The zero-order valence-corrected chi connectivity index (χ0v) is 16.1. The average molecular weight is 415 g/mol. The van der Waals surface area contributed by atoms with Crippen molar-refractivity contribution in [3.63, 3.8) is 0 Å². The summed E-state index contributed by atoms with van der Waals surface area (Å²) in [6.45, 7) is 1.24. The molecule has 2 unspecified atom stereocenters. The highest BCUT2D eigenvalue weighted by molar-refractivity contribution is 5.85. The Balaban J connectivity index is 0.00000280. The zero-order chi connectivity index (χ0) is 19.4. The lowest BCUT2D eigenvalue weighted by Gasteiger charge is -2.33. The molecule has 0 aromatic heterocycles. The van der Waals surface area contributed by atoms with Gasteiger partial charge < -0.3 is 15.4 Å². The molecule has 28 heavy (non-hydrogen) atoms. The van der Waals surface area contributed by atoms with E-state index in [4.69, 9.17) is 4.74 Å². The van der Waals surface area contributed by atoms with Crippen molar-refractivity contribution in [2.45, 2.75) is 24.8 Å². The topological polar surface area (TPSA) is 50.4 Å². The zero-order valence-electron chi connectivity index (χ0n) is 15.3. The van der Waals surface area contributed by atoms with Gasteiger partial charge in [-0.2, -0.15) is 0 Å². The molecule has 1 heterocycles. The van der Waals surface area contributed by atoms with Gasteiger partial charge in [-0.3, -0.25) is 4.79 Å². The number of hydrogen-bond donors (Lipinski definition) is 2. The maximum atomic E-state index is 13.8. The number of halogens is 4. The summed E-state index contributed by atoms with van der Waals surface area (Å²) in [7, 11) is 1.37. The number of rotatable bonds is 5. The van der Waals surface area contributed by atoms with E-state index in [1.807, 2.05) is 0 Å². The predicted octanol–water partition coefficient (Wildman–Crippen LogP) is 3.34. The highest BCUT2D eigenvalue weighted by Crippen LogP contribution is 2.27. The Morgan fingerprint density at radius 3 is 2.61 bits per heavy atom. The first-order valence-electron chi connectivity index (χ1n) is 8.75. The van der Waals surface area contributed by atoms with Gasteiger partial charge in [0.15, 0.2) is 23.2 Å². The molecule has 3 rings (SSSR count). The van der Waals surface area contributed by atoms with Gasteiger partial charge in [-0.25, -0.2) is 13.2 Å². The number of methoxy groups -OCH3 is 1. The van der Waals surface area contributed by atoms with Crippen LogP contribution in [-0.2, 0) is 11.2 Å². The molecular formula is C20H22ClF3N2O2. The quantitative estimate of drug-likeness (QED) is 0.789. The molecule has 0 bridgehead atoms. The van der Waals surface area contributed by atoms with Crippen molar-refractivity contribution in [2.75, 3.05) is 20.2 Å². The van der Waals surface area contributed by atoms with Crippen molar-refractivity contribution in [1.82, 2.24) is 10.6 Å². The fourth-order valence-corrected chi connectivity index (χ4v) is 3.42. The van der Waals surface area contributed by atoms with Crippen LogP contribution >= 0.6 is 12.4 Å². The Bertz CT molecular complexity index is 835. The third-order valence-corrected chi connectivity index (χ3v) is 4.78. The molecule has 0 aliphatic carbocycles. The predicted molar refractivity (Wildman–Crippen MR) is 102 cm³/mol. The maximum absolute atomic E-state index is 13.8. The van der Waals surface area contributed by atoms with Gasteiger partial charge in [0, 0.05) is 18.5 Å². The van der Waals surface area contributed by atoms with Crippen molar-refractivity contribution in [3.05, 3.63) is 65.0 Å². The van der Waals surface area contributed by atoms with Crippen LogP contribution in [-0.4, -0.2) is 32.1 Å². The second-order valence-electron chi connectivity index (χ2n) is 6.59. The van der Waals surface area contributed by atoms with Crippen LogP contribution in [0.25, 0.3) is 0 Å². The lowest BCUT2D eigenvalue weighted by Crippen LogP contribution is -2.50. The fourth-order valence-electron chi connectivity index (χ4n) is 3.42. The molecule has 1 aliphatic rings. The van der Waals surface area contributed by atoms with Gasteiger partial charge in [-0.1, -0.05) is 12.1 Å². The van der Waals surface area contributed by atoms with Gasteiger partial charge in [0.05, 0.1) is 13.5 Å². The molecule has 0 spiro atoms. The first-order valence-corrected chi connectivity index (χ1v) is 8.75. The van der Waals surface area contributed by atoms with Crippen LogP contribution in [0.3, 0.4) is 0 Å². The van der Waals surface area contributed by atoms with E-state index in [1.54, 1.807) is 12.1 Å². The number of piperidine rings is 1. The minimum atomic E-state index is -0.898. The number of ether oxygens (including phenoxy) is 1. The standard InChI is InChI=1S/C20H21F3N2O2.ClH/c1-27-19-5-2-12(8-17(19)23)9-20(26)25-18-11-24-7-6-14(18)13-3-4-15(21)16(22)10-13;/h2-5,8,10,14,18,24H,6-7,9,11H2,1H3,(H,25,26);1H. The molecule has 0 radical (unpaired) electrons. The summed E-state index contributed by atoms with van der Waals surface area (Å²) in [6, 6.07) is 7.95. The summed E-state index contributed by atoms with van der Waals surface area (Å²) in [5, 5.41) is 6.12. The van der Waals surface area contributed by atoms with Gasteiger partial charge in [0.25, 0.3) is 0 Å². The first kappa shape index (κ1) is 22.0. The third-order valence-electron chi connectivity index (χ3n) is 4.78. The summed E-state index contributed by atoms with van der Waals surface area (Å²) >= 11 is 0. The summed E-state index contributed by atoms with van der Waals surface area (Å²) in [6.07, 6.45) is 0.703. The van der Waals surface area contributed by atoms with Crippen LogP contribution < -0.4 is 15.4 Å². The number of carbonyl (C=O) groups excluding carboxylic acids is 1. The van der Waals surface area contributed by atoms with Gasteiger partial charge in [-0.15, -0.1) is 12.4 Å². The van der Waals surface area contributed by atoms with Crippen molar-refractivity contribution in [2.24, 2.45) is 0 Å². The van der Waals surface area contributed by atoms with Crippen molar-refractivity contribution in [3.8, 4) is 5.75 Å². The van der Waals surface area contributed by atoms with Gasteiger partial charge in [-0.05, 0) is 48.4 Å². The minimum absolute atomic E-state index is 0. The summed E-state index contributed by atoms with van der Waals surface area (Å²) in [4.78, 5) is 12.4. The molecule has 2 N–H and O–H groups in total. The van der Waals surface area contributed by atoms with Crippen molar-refractivity contribution < 1.29 is 22.7 Å². The van der Waals surface area contributed by atoms with Gasteiger partial charge in [0.2, 0.25) is 5.91 Å². The largest absolute Gasteiger partial charge is 0.494 e. The van der Waals surface area contributed by atoms with Crippen LogP contribution in [0, 0.1) is 17.5 Å². The Kier molecular flexibility index (Phi) is 7.71. The second kappa shape index (κ2) is 9.80. The number of amides is 1. The van der Waals surface area contributed by atoms with E-state index < -0.39 is 17.5 Å². The lowest BCUT2D eigenvalue weighted by atomic mass is 9.86. The number of nitrogens with one attached hydrogen (secondary N) is 2. The lowest BCUT2D eigenvalue weighted by molar-refractivity contribution is -0.121.